The van der Waals surface area contributed by atoms with Crippen LogP contribution in [-0.4, -0.2) is 50.0 Å². The smallest absolute Gasteiger partial charge is 0.365 e. The Kier molecular flexibility index (Phi) is 6.35. The van der Waals surface area contributed by atoms with Crippen LogP contribution in [0, 0.1) is 16.0 Å². The van der Waals surface area contributed by atoms with Crippen molar-refractivity contribution < 1.29 is 26.5 Å². The minimum absolute atomic E-state index is 0.00690. The molecule has 0 amide bonds. The van der Waals surface area contributed by atoms with E-state index in [9.17, 15) is 31.7 Å². The number of nitro benzene ring substituents is 1. The maximum atomic E-state index is 13.0. The fourth-order valence-electron chi connectivity index (χ4n) is 3.25. The van der Waals surface area contributed by atoms with Crippen LogP contribution < -0.4 is 4.90 Å². The third-order valence-corrected chi connectivity index (χ3v) is 6.76. The Hall–Kier alpha value is -1.88. The molecule has 1 aromatic rings. The Bertz CT molecular complexity index is 795. The molecule has 2 rings (SSSR count). The van der Waals surface area contributed by atoms with Crippen LogP contribution in [0.5, 0.6) is 0 Å². The maximum absolute atomic E-state index is 13.0. The van der Waals surface area contributed by atoms with Crippen molar-refractivity contribution in [3.05, 3.63) is 28.3 Å². The summed E-state index contributed by atoms with van der Waals surface area (Å²) in [6.45, 7) is 3.56. The third-order valence-electron chi connectivity index (χ3n) is 4.71. The molecule has 0 radical (unpaired) electrons. The molecule has 7 nitrogen and oxygen atoms in total. The van der Waals surface area contributed by atoms with E-state index in [1.807, 2.05) is 0 Å². The van der Waals surface area contributed by atoms with E-state index in [-0.39, 0.29) is 49.6 Å². The number of hydrogen-bond acceptors (Lipinski definition) is 5. The zero-order valence-electron chi connectivity index (χ0n) is 15.1. The first-order valence-electron chi connectivity index (χ1n) is 8.62. The second-order valence-corrected chi connectivity index (χ2v) is 8.26. The Morgan fingerprint density at radius 1 is 1.30 bits per heavy atom. The van der Waals surface area contributed by atoms with Gasteiger partial charge in [-0.1, -0.05) is 13.8 Å². The summed E-state index contributed by atoms with van der Waals surface area (Å²) in [5, 5.41) is 11.5. The molecule has 0 spiro atoms. The van der Waals surface area contributed by atoms with Crippen molar-refractivity contribution in [1.82, 2.24) is 4.31 Å². The monoisotopic (exact) mass is 409 g/mol. The lowest BCUT2D eigenvalue weighted by molar-refractivity contribution is -0.384. The van der Waals surface area contributed by atoms with Crippen LogP contribution in [0.3, 0.4) is 0 Å². The molecule has 1 aliphatic heterocycles. The zero-order chi connectivity index (χ0) is 20.4. The van der Waals surface area contributed by atoms with Gasteiger partial charge in [-0.3, -0.25) is 10.1 Å². The molecular weight excluding hydrogens is 387 g/mol. The van der Waals surface area contributed by atoms with Crippen LogP contribution in [0.25, 0.3) is 0 Å². The molecule has 1 atom stereocenters. The summed E-state index contributed by atoms with van der Waals surface area (Å²) in [5.41, 5.74) is -0.501. The van der Waals surface area contributed by atoms with Gasteiger partial charge in [-0.15, -0.1) is 0 Å². The topological polar surface area (TPSA) is 83.8 Å². The summed E-state index contributed by atoms with van der Waals surface area (Å²) in [6.07, 6.45) is -4.15. The molecule has 1 fully saturated rings. The van der Waals surface area contributed by atoms with E-state index in [0.717, 1.165) is 10.4 Å². The first-order chi connectivity index (χ1) is 12.5. The highest BCUT2D eigenvalue weighted by atomic mass is 32.2. The van der Waals surface area contributed by atoms with Crippen LogP contribution in [0.2, 0.25) is 0 Å². The largest absolute Gasteiger partial charge is 0.393 e. The second-order valence-electron chi connectivity index (χ2n) is 6.32. The van der Waals surface area contributed by atoms with Gasteiger partial charge in [0.05, 0.1) is 15.7 Å². The lowest BCUT2D eigenvalue weighted by atomic mass is 9.97. The van der Waals surface area contributed by atoms with Gasteiger partial charge < -0.3 is 4.90 Å². The molecule has 1 aromatic carbocycles. The molecule has 27 heavy (non-hydrogen) atoms. The summed E-state index contributed by atoms with van der Waals surface area (Å²) in [5.74, 6) is -1.56. The number of nitro groups is 1. The van der Waals surface area contributed by atoms with Gasteiger partial charge in [0.15, 0.2) is 0 Å². The van der Waals surface area contributed by atoms with Crippen molar-refractivity contribution in [1.29, 1.82) is 0 Å². The standard InChI is InChI=1S/C16H22F3N3O4S/c1-3-21(4-2)27(25,26)13-7-8-14(15(10-13)22(23)24)20-9-5-6-12(11-20)16(17,18)19/h7-8,10,12H,3-6,9,11H2,1-2H3/t12-/m0/s1. The van der Waals surface area contributed by atoms with E-state index in [1.54, 1.807) is 13.8 Å². The number of halogens is 3. The van der Waals surface area contributed by atoms with Crippen LogP contribution in [0.4, 0.5) is 24.5 Å². The fourth-order valence-corrected chi connectivity index (χ4v) is 4.73. The highest BCUT2D eigenvalue weighted by Crippen LogP contribution is 2.38. The molecule has 0 aromatic heterocycles. The van der Waals surface area contributed by atoms with E-state index in [1.165, 1.54) is 17.0 Å². The van der Waals surface area contributed by atoms with Crippen LogP contribution in [0.15, 0.2) is 23.1 Å². The number of piperidine rings is 1. The van der Waals surface area contributed by atoms with Crippen LogP contribution in [0.1, 0.15) is 26.7 Å². The molecule has 1 saturated heterocycles. The molecule has 0 unspecified atom stereocenters. The van der Waals surface area contributed by atoms with Crippen molar-refractivity contribution in [2.75, 3.05) is 31.1 Å². The molecular formula is C16H22F3N3O4S. The van der Waals surface area contributed by atoms with E-state index >= 15 is 0 Å². The highest BCUT2D eigenvalue weighted by molar-refractivity contribution is 7.89. The van der Waals surface area contributed by atoms with Gasteiger partial charge in [0.2, 0.25) is 10.0 Å². The first-order valence-corrected chi connectivity index (χ1v) is 10.1. The van der Waals surface area contributed by atoms with Gasteiger partial charge in [-0.05, 0) is 25.0 Å². The molecule has 0 bridgehead atoms. The fraction of sp³-hybridized carbons (Fsp3) is 0.625. The van der Waals surface area contributed by atoms with E-state index in [2.05, 4.69) is 0 Å². The third kappa shape index (κ3) is 4.52. The Labute approximate surface area is 156 Å². The number of benzene rings is 1. The zero-order valence-corrected chi connectivity index (χ0v) is 15.9. The van der Waals surface area contributed by atoms with Crippen molar-refractivity contribution >= 4 is 21.4 Å². The van der Waals surface area contributed by atoms with Crippen molar-refractivity contribution in [2.45, 2.75) is 37.8 Å². The minimum Gasteiger partial charge on any atom is -0.365 e. The summed E-state index contributed by atoms with van der Waals surface area (Å²) >= 11 is 0. The summed E-state index contributed by atoms with van der Waals surface area (Å²) in [4.78, 5) is 11.8. The molecule has 152 valence electrons. The number of hydrogen-bond donors (Lipinski definition) is 0. The highest BCUT2D eigenvalue weighted by Gasteiger charge is 2.42. The van der Waals surface area contributed by atoms with Gasteiger partial charge in [0.1, 0.15) is 5.69 Å². The van der Waals surface area contributed by atoms with Crippen molar-refractivity contribution in [3.8, 4) is 0 Å². The molecule has 0 saturated carbocycles. The predicted octanol–water partition coefficient (Wildman–Crippen LogP) is 3.40. The number of nitrogens with zero attached hydrogens (tertiary/aromatic N) is 3. The van der Waals surface area contributed by atoms with Gasteiger partial charge in [0.25, 0.3) is 5.69 Å². The normalized spacial score (nSPS) is 18.7. The number of sulfonamides is 1. The average molecular weight is 409 g/mol. The Morgan fingerprint density at radius 2 is 1.93 bits per heavy atom. The molecule has 11 heteroatoms. The molecule has 0 N–H and O–H groups in total. The van der Waals surface area contributed by atoms with Gasteiger partial charge in [-0.25, -0.2) is 8.42 Å². The van der Waals surface area contributed by atoms with E-state index in [4.69, 9.17) is 0 Å². The van der Waals surface area contributed by atoms with Crippen LogP contribution in [-0.2, 0) is 10.0 Å². The molecule has 1 aliphatic rings. The number of rotatable bonds is 6. The van der Waals surface area contributed by atoms with Gasteiger partial charge in [-0.2, -0.15) is 17.5 Å². The van der Waals surface area contributed by atoms with Crippen LogP contribution >= 0.6 is 0 Å². The average Bonchev–Trinajstić information content (AvgIpc) is 2.61. The Balaban J connectivity index is 2.43. The SMILES string of the molecule is CCN(CC)S(=O)(=O)c1ccc(N2CCC[C@H](C(F)(F)F)C2)c([N+](=O)[O-])c1. The molecule has 1 heterocycles. The lowest BCUT2D eigenvalue weighted by Crippen LogP contribution is -2.42. The molecule has 0 aliphatic carbocycles. The Morgan fingerprint density at radius 3 is 2.44 bits per heavy atom. The predicted molar refractivity (Wildman–Crippen MR) is 94.2 cm³/mol. The van der Waals surface area contributed by atoms with Gasteiger partial charge >= 0.3 is 6.18 Å². The van der Waals surface area contributed by atoms with E-state index in [0.29, 0.717) is 0 Å². The first kappa shape index (κ1) is 21.4. The van der Waals surface area contributed by atoms with E-state index < -0.39 is 32.7 Å². The number of anilines is 1. The summed E-state index contributed by atoms with van der Waals surface area (Å²) < 4.78 is 65.4. The lowest BCUT2D eigenvalue weighted by Gasteiger charge is -2.35. The number of alkyl halides is 3. The maximum Gasteiger partial charge on any atom is 0.393 e. The van der Waals surface area contributed by atoms with Crippen molar-refractivity contribution in [2.24, 2.45) is 5.92 Å². The quantitative estimate of drug-likeness (QED) is 0.531. The summed E-state index contributed by atoms with van der Waals surface area (Å²) in [7, 11) is -3.91. The van der Waals surface area contributed by atoms with Gasteiger partial charge in [0, 0.05) is 32.2 Å². The minimum atomic E-state index is -4.38. The second kappa shape index (κ2) is 8.01. The van der Waals surface area contributed by atoms with Crippen molar-refractivity contribution in [3.63, 3.8) is 0 Å². The summed E-state index contributed by atoms with van der Waals surface area (Å²) in [6, 6.07) is 3.38.